The van der Waals surface area contributed by atoms with Crippen LogP contribution in [-0.4, -0.2) is 15.0 Å². The molecule has 1 saturated carbocycles. The molecule has 1 fully saturated rings. The highest BCUT2D eigenvalue weighted by molar-refractivity contribution is 5.30. The Hall–Kier alpha value is -1.37. The van der Waals surface area contributed by atoms with Crippen LogP contribution in [0.15, 0.2) is 0 Å². The number of hydrogen-bond donors (Lipinski definition) is 0. The molecule has 1 aromatic rings. The molecule has 0 bridgehead atoms. The Morgan fingerprint density at radius 1 is 1.38 bits per heavy atom. The smallest absolute Gasteiger partial charge is 0.186 e. The predicted octanol–water partition coefficient (Wildman–Crippen LogP) is 2.61. The number of rotatable bonds is 6. The average Bonchev–Trinajstić information content (AvgIpc) is 3.06. The molecule has 4 nitrogen and oxygen atoms in total. The maximum atomic E-state index is 8.95. The molecule has 0 radical (unpaired) electrons. The standard InChI is InChI=1S/C12H18N4/c1-2-3-4-5-8-16-12(10-6-7-10)11(9-13)14-15-16/h10H,2-8H2,1H3. The summed E-state index contributed by atoms with van der Waals surface area (Å²) < 4.78 is 1.95. The molecule has 1 aromatic heterocycles. The molecule has 0 saturated heterocycles. The third kappa shape index (κ3) is 2.41. The minimum absolute atomic E-state index is 0.540. The first kappa shape index (κ1) is 11.1. The van der Waals surface area contributed by atoms with Crippen LogP contribution in [0.5, 0.6) is 0 Å². The molecule has 1 aliphatic rings. The van der Waals surface area contributed by atoms with E-state index in [1.165, 1.54) is 32.1 Å². The summed E-state index contributed by atoms with van der Waals surface area (Å²) in [5.41, 5.74) is 1.62. The molecule has 2 rings (SSSR count). The highest BCUT2D eigenvalue weighted by atomic mass is 15.4. The molecule has 0 aliphatic heterocycles. The number of nitrogens with zero attached hydrogens (tertiary/aromatic N) is 4. The van der Waals surface area contributed by atoms with Gasteiger partial charge in [-0.2, -0.15) is 5.26 Å². The van der Waals surface area contributed by atoms with Crippen LogP contribution in [0, 0.1) is 11.3 Å². The fourth-order valence-electron chi connectivity index (χ4n) is 2.01. The van der Waals surface area contributed by atoms with Crippen molar-refractivity contribution in [1.82, 2.24) is 15.0 Å². The highest BCUT2D eigenvalue weighted by Gasteiger charge is 2.31. The lowest BCUT2D eigenvalue weighted by Crippen LogP contribution is -2.05. The lowest BCUT2D eigenvalue weighted by Gasteiger charge is -2.04. The second kappa shape index (κ2) is 5.11. The first-order valence-corrected chi connectivity index (χ1v) is 6.20. The van der Waals surface area contributed by atoms with Crippen LogP contribution in [0.1, 0.15) is 62.8 Å². The zero-order valence-electron chi connectivity index (χ0n) is 9.82. The number of unbranched alkanes of at least 4 members (excludes halogenated alkanes) is 3. The minimum Gasteiger partial charge on any atom is -0.248 e. The summed E-state index contributed by atoms with van der Waals surface area (Å²) in [4.78, 5) is 0. The van der Waals surface area contributed by atoms with Crippen molar-refractivity contribution in [2.45, 2.75) is 57.9 Å². The van der Waals surface area contributed by atoms with Gasteiger partial charge in [0.1, 0.15) is 6.07 Å². The van der Waals surface area contributed by atoms with E-state index in [9.17, 15) is 0 Å². The molecule has 1 aliphatic carbocycles. The molecular weight excluding hydrogens is 200 g/mol. The van der Waals surface area contributed by atoms with Gasteiger partial charge in [-0.3, -0.25) is 0 Å². The van der Waals surface area contributed by atoms with Crippen molar-refractivity contribution in [3.63, 3.8) is 0 Å². The second-order valence-corrected chi connectivity index (χ2v) is 4.49. The molecule has 0 atom stereocenters. The van der Waals surface area contributed by atoms with E-state index in [0.717, 1.165) is 18.7 Å². The van der Waals surface area contributed by atoms with Crippen molar-refractivity contribution >= 4 is 0 Å². The summed E-state index contributed by atoms with van der Waals surface area (Å²) in [6.45, 7) is 3.12. The summed E-state index contributed by atoms with van der Waals surface area (Å²) in [6.07, 6.45) is 7.28. The summed E-state index contributed by atoms with van der Waals surface area (Å²) in [7, 11) is 0. The molecule has 16 heavy (non-hydrogen) atoms. The Labute approximate surface area is 96.3 Å². The van der Waals surface area contributed by atoms with Gasteiger partial charge in [0.15, 0.2) is 5.69 Å². The summed E-state index contributed by atoms with van der Waals surface area (Å²) in [5.74, 6) is 0.552. The number of nitriles is 1. The van der Waals surface area contributed by atoms with Gasteiger partial charge in [0.05, 0.1) is 5.69 Å². The van der Waals surface area contributed by atoms with Crippen LogP contribution in [0.2, 0.25) is 0 Å². The van der Waals surface area contributed by atoms with E-state index in [1.807, 2.05) is 4.68 Å². The Balaban J connectivity index is 1.98. The van der Waals surface area contributed by atoms with E-state index < -0.39 is 0 Å². The van der Waals surface area contributed by atoms with Crippen LogP contribution >= 0.6 is 0 Å². The fraction of sp³-hybridized carbons (Fsp3) is 0.750. The van der Waals surface area contributed by atoms with Crippen LogP contribution in [0.3, 0.4) is 0 Å². The largest absolute Gasteiger partial charge is 0.248 e. The first-order valence-electron chi connectivity index (χ1n) is 6.20. The first-order chi connectivity index (χ1) is 7.86. The maximum absolute atomic E-state index is 8.95. The van der Waals surface area contributed by atoms with Gasteiger partial charge in [0, 0.05) is 12.5 Å². The van der Waals surface area contributed by atoms with Gasteiger partial charge in [-0.25, -0.2) is 4.68 Å². The van der Waals surface area contributed by atoms with Gasteiger partial charge in [0.2, 0.25) is 0 Å². The van der Waals surface area contributed by atoms with Crippen molar-refractivity contribution in [1.29, 1.82) is 5.26 Å². The third-order valence-corrected chi connectivity index (χ3v) is 3.07. The highest BCUT2D eigenvalue weighted by Crippen LogP contribution is 2.41. The number of hydrogen-bond acceptors (Lipinski definition) is 3. The molecule has 0 amide bonds. The molecular formula is C12H18N4. The van der Waals surface area contributed by atoms with Crippen molar-refractivity contribution in [2.75, 3.05) is 0 Å². The van der Waals surface area contributed by atoms with Gasteiger partial charge < -0.3 is 0 Å². The van der Waals surface area contributed by atoms with E-state index in [-0.39, 0.29) is 0 Å². The molecule has 0 spiro atoms. The molecule has 4 heteroatoms. The van der Waals surface area contributed by atoms with Gasteiger partial charge in [-0.15, -0.1) is 5.10 Å². The molecule has 0 unspecified atom stereocenters. The van der Waals surface area contributed by atoms with Gasteiger partial charge in [0.25, 0.3) is 0 Å². The van der Waals surface area contributed by atoms with Gasteiger partial charge in [-0.1, -0.05) is 31.4 Å². The van der Waals surface area contributed by atoms with E-state index in [4.69, 9.17) is 5.26 Å². The van der Waals surface area contributed by atoms with E-state index in [0.29, 0.717) is 11.6 Å². The number of aryl methyl sites for hydroxylation is 1. The van der Waals surface area contributed by atoms with Gasteiger partial charge in [-0.05, 0) is 19.3 Å². The van der Waals surface area contributed by atoms with Crippen molar-refractivity contribution < 1.29 is 0 Å². The Kier molecular flexibility index (Phi) is 3.55. The Morgan fingerprint density at radius 3 is 2.81 bits per heavy atom. The second-order valence-electron chi connectivity index (χ2n) is 4.49. The SMILES string of the molecule is CCCCCCn1nnc(C#N)c1C1CC1. The lowest BCUT2D eigenvalue weighted by atomic mass is 10.2. The average molecular weight is 218 g/mol. The normalized spacial score (nSPS) is 15.0. The quantitative estimate of drug-likeness (QED) is 0.690. The van der Waals surface area contributed by atoms with Crippen molar-refractivity contribution in [3.05, 3.63) is 11.4 Å². The fourth-order valence-corrected chi connectivity index (χ4v) is 2.01. The van der Waals surface area contributed by atoms with Crippen LogP contribution < -0.4 is 0 Å². The molecule has 1 heterocycles. The van der Waals surface area contributed by atoms with Crippen LogP contribution in [0.25, 0.3) is 0 Å². The van der Waals surface area contributed by atoms with E-state index in [1.54, 1.807) is 0 Å². The Morgan fingerprint density at radius 2 is 2.19 bits per heavy atom. The summed E-state index contributed by atoms with van der Waals surface area (Å²) >= 11 is 0. The monoisotopic (exact) mass is 218 g/mol. The molecule has 0 aromatic carbocycles. The summed E-state index contributed by atoms with van der Waals surface area (Å²) in [5, 5.41) is 17.0. The third-order valence-electron chi connectivity index (χ3n) is 3.07. The van der Waals surface area contributed by atoms with E-state index >= 15 is 0 Å². The van der Waals surface area contributed by atoms with Crippen molar-refractivity contribution in [3.8, 4) is 6.07 Å². The Bertz CT molecular complexity index is 384. The van der Waals surface area contributed by atoms with Crippen molar-refractivity contribution in [2.24, 2.45) is 0 Å². The van der Waals surface area contributed by atoms with Crippen LogP contribution in [-0.2, 0) is 6.54 Å². The van der Waals surface area contributed by atoms with Gasteiger partial charge >= 0.3 is 0 Å². The van der Waals surface area contributed by atoms with Crippen LogP contribution in [0.4, 0.5) is 0 Å². The molecule has 86 valence electrons. The summed E-state index contributed by atoms with van der Waals surface area (Å²) in [6, 6.07) is 2.14. The number of aromatic nitrogens is 3. The zero-order chi connectivity index (χ0) is 11.4. The molecule has 0 N–H and O–H groups in total. The maximum Gasteiger partial charge on any atom is 0.186 e. The lowest BCUT2D eigenvalue weighted by molar-refractivity contribution is 0.512. The van der Waals surface area contributed by atoms with E-state index in [2.05, 4.69) is 23.3 Å². The zero-order valence-corrected chi connectivity index (χ0v) is 9.82. The predicted molar refractivity (Wildman–Crippen MR) is 60.9 cm³/mol. The topological polar surface area (TPSA) is 54.5 Å². The minimum atomic E-state index is 0.540.